The summed E-state index contributed by atoms with van der Waals surface area (Å²) in [6.07, 6.45) is 2.17. The van der Waals surface area contributed by atoms with Gasteiger partial charge in [0.2, 0.25) is 0 Å². The van der Waals surface area contributed by atoms with E-state index in [1.807, 2.05) is 6.92 Å². The predicted octanol–water partition coefficient (Wildman–Crippen LogP) is 2.40. The van der Waals surface area contributed by atoms with Crippen molar-refractivity contribution >= 4 is 40.6 Å². The van der Waals surface area contributed by atoms with Gasteiger partial charge in [0.25, 0.3) is 11.8 Å². The topological polar surface area (TPSA) is 97.4 Å². The van der Waals surface area contributed by atoms with Crippen molar-refractivity contribution in [3.63, 3.8) is 0 Å². The number of hydrogen-bond donors (Lipinski definition) is 3. The molecule has 6 nitrogen and oxygen atoms in total. The third kappa shape index (κ3) is 4.59. The van der Waals surface area contributed by atoms with E-state index in [0.29, 0.717) is 23.0 Å². The molecule has 0 aromatic carbocycles. The van der Waals surface area contributed by atoms with Gasteiger partial charge in [-0.3, -0.25) is 9.59 Å². The van der Waals surface area contributed by atoms with E-state index in [1.54, 1.807) is 18.2 Å². The molecule has 2 aromatic rings. The second-order valence-electron chi connectivity index (χ2n) is 4.45. The number of carbonyl (C=O) groups is 2. The van der Waals surface area contributed by atoms with Crippen LogP contribution in [0.25, 0.3) is 0 Å². The number of rotatable bonds is 6. The van der Waals surface area contributed by atoms with E-state index in [4.69, 9.17) is 10.2 Å². The van der Waals surface area contributed by atoms with Crippen LogP contribution < -0.4 is 16.4 Å². The molecule has 0 spiro atoms. The van der Waals surface area contributed by atoms with Crippen molar-refractivity contribution < 1.29 is 14.0 Å². The van der Waals surface area contributed by atoms with E-state index in [2.05, 4.69) is 10.6 Å². The zero-order chi connectivity index (χ0) is 15.2. The Labute approximate surface area is 138 Å². The molecule has 120 valence electrons. The van der Waals surface area contributed by atoms with Crippen molar-refractivity contribution in [3.8, 4) is 0 Å². The molecule has 4 N–H and O–H groups in total. The van der Waals surface area contributed by atoms with Crippen LogP contribution in [0.3, 0.4) is 0 Å². The highest BCUT2D eigenvalue weighted by Crippen LogP contribution is 2.27. The van der Waals surface area contributed by atoms with Crippen molar-refractivity contribution in [1.29, 1.82) is 0 Å². The van der Waals surface area contributed by atoms with Gasteiger partial charge in [0.15, 0.2) is 5.76 Å². The molecule has 0 aliphatic rings. The lowest BCUT2D eigenvalue weighted by Gasteiger charge is -2.02. The Morgan fingerprint density at radius 2 is 2.14 bits per heavy atom. The summed E-state index contributed by atoms with van der Waals surface area (Å²) in [5.41, 5.74) is 6.20. The summed E-state index contributed by atoms with van der Waals surface area (Å²) in [7, 11) is 0. The van der Waals surface area contributed by atoms with E-state index in [1.165, 1.54) is 17.6 Å². The number of carbonyl (C=O) groups excluding carboxylic acids is 2. The third-order valence-corrected chi connectivity index (χ3v) is 3.92. The van der Waals surface area contributed by atoms with Gasteiger partial charge in [-0.05, 0) is 43.7 Å². The SMILES string of the molecule is Cc1cc(NC(=O)c2ccco2)sc1C(=O)NCCCN.Cl. The molecule has 0 saturated carbocycles. The van der Waals surface area contributed by atoms with Crippen LogP contribution in [0.4, 0.5) is 5.00 Å². The summed E-state index contributed by atoms with van der Waals surface area (Å²) in [4.78, 5) is 24.4. The summed E-state index contributed by atoms with van der Waals surface area (Å²) in [6.45, 7) is 2.91. The monoisotopic (exact) mass is 343 g/mol. The van der Waals surface area contributed by atoms with Crippen molar-refractivity contribution in [2.45, 2.75) is 13.3 Å². The quantitative estimate of drug-likeness (QED) is 0.701. The fourth-order valence-electron chi connectivity index (χ4n) is 1.73. The minimum Gasteiger partial charge on any atom is -0.459 e. The Hall–Kier alpha value is -1.83. The number of hydrogen-bond acceptors (Lipinski definition) is 5. The van der Waals surface area contributed by atoms with Crippen LogP contribution in [0.1, 0.15) is 32.2 Å². The molecule has 0 aliphatic carbocycles. The molecule has 0 radical (unpaired) electrons. The molecule has 22 heavy (non-hydrogen) atoms. The van der Waals surface area contributed by atoms with Gasteiger partial charge in [-0.25, -0.2) is 0 Å². The van der Waals surface area contributed by atoms with E-state index in [0.717, 1.165) is 12.0 Å². The number of halogens is 1. The molecule has 8 heteroatoms. The van der Waals surface area contributed by atoms with Gasteiger partial charge in [0, 0.05) is 6.54 Å². The van der Waals surface area contributed by atoms with Gasteiger partial charge in [-0.15, -0.1) is 23.7 Å². The second-order valence-corrected chi connectivity index (χ2v) is 5.50. The number of thiophene rings is 1. The summed E-state index contributed by atoms with van der Waals surface area (Å²) in [5.74, 6) is -0.254. The predicted molar refractivity (Wildman–Crippen MR) is 89.0 cm³/mol. The lowest BCUT2D eigenvalue weighted by Crippen LogP contribution is -2.25. The Morgan fingerprint density at radius 3 is 2.77 bits per heavy atom. The van der Waals surface area contributed by atoms with Crippen LogP contribution in [-0.2, 0) is 0 Å². The van der Waals surface area contributed by atoms with Gasteiger partial charge >= 0.3 is 0 Å². The molecule has 2 amide bonds. The summed E-state index contributed by atoms with van der Waals surface area (Å²) in [6, 6.07) is 4.99. The number of nitrogens with one attached hydrogen (secondary N) is 2. The van der Waals surface area contributed by atoms with Crippen LogP contribution in [0, 0.1) is 6.92 Å². The number of aryl methyl sites for hydroxylation is 1. The van der Waals surface area contributed by atoms with E-state index < -0.39 is 0 Å². The van der Waals surface area contributed by atoms with Gasteiger partial charge in [-0.1, -0.05) is 0 Å². The Balaban J connectivity index is 0.00000242. The zero-order valence-electron chi connectivity index (χ0n) is 12.0. The van der Waals surface area contributed by atoms with Crippen LogP contribution in [0.5, 0.6) is 0 Å². The third-order valence-electron chi connectivity index (χ3n) is 2.77. The molecule has 0 aliphatic heterocycles. The number of anilines is 1. The first kappa shape index (κ1) is 18.2. The Kier molecular flexibility index (Phi) is 7.10. The molecule has 0 atom stereocenters. The maximum Gasteiger partial charge on any atom is 0.291 e. The highest BCUT2D eigenvalue weighted by molar-refractivity contribution is 7.18. The largest absolute Gasteiger partial charge is 0.459 e. The van der Waals surface area contributed by atoms with Gasteiger partial charge in [0.1, 0.15) is 0 Å². The standard InChI is InChI=1S/C14H17N3O3S.ClH/c1-9-8-11(17-13(18)10-4-2-7-20-10)21-12(9)14(19)16-6-3-5-15;/h2,4,7-8H,3,5-6,15H2,1H3,(H,16,19)(H,17,18);1H. The maximum absolute atomic E-state index is 12.0. The lowest BCUT2D eigenvalue weighted by molar-refractivity contribution is 0.0955. The van der Waals surface area contributed by atoms with Crippen molar-refractivity contribution in [1.82, 2.24) is 5.32 Å². The fourth-order valence-corrected chi connectivity index (χ4v) is 2.72. The summed E-state index contributed by atoms with van der Waals surface area (Å²) < 4.78 is 5.02. The summed E-state index contributed by atoms with van der Waals surface area (Å²) >= 11 is 1.23. The highest BCUT2D eigenvalue weighted by Gasteiger charge is 2.16. The van der Waals surface area contributed by atoms with Gasteiger partial charge < -0.3 is 20.8 Å². The van der Waals surface area contributed by atoms with Crippen LogP contribution >= 0.6 is 23.7 Å². The average Bonchev–Trinajstić information content (AvgIpc) is 3.08. The molecular weight excluding hydrogens is 326 g/mol. The molecular formula is C14H18ClN3O3S. The number of furan rings is 1. The normalized spacial score (nSPS) is 9.91. The molecule has 0 bridgehead atoms. The van der Waals surface area contributed by atoms with Crippen molar-refractivity contribution in [2.24, 2.45) is 5.73 Å². The highest BCUT2D eigenvalue weighted by atomic mass is 35.5. The second kappa shape index (κ2) is 8.57. The molecule has 0 saturated heterocycles. The van der Waals surface area contributed by atoms with Crippen molar-refractivity contribution in [2.75, 3.05) is 18.4 Å². The molecule has 0 unspecified atom stereocenters. The molecule has 0 fully saturated rings. The first-order valence-electron chi connectivity index (χ1n) is 6.55. The van der Waals surface area contributed by atoms with Gasteiger partial charge in [0.05, 0.1) is 16.1 Å². The molecule has 2 heterocycles. The Morgan fingerprint density at radius 1 is 1.36 bits per heavy atom. The smallest absolute Gasteiger partial charge is 0.291 e. The lowest BCUT2D eigenvalue weighted by atomic mass is 10.2. The first-order valence-corrected chi connectivity index (χ1v) is 7.37. The number of amides is 2. The van der Waals surface area contributed by atoms with E-state index in [-0.39, 0.29) is 30.0 Å². The molecule has 2 rings (SSSR count). The fraction of sp³-hybridized carbons (Fsp3) is 0.286. The van der Waals surface area contributed by atoms with Gasteiger partial charge in [-0.2, -0.15) is 0 Å². The van der Waals surface area contributed by atoms with Crippen molar-refractivity contribution in [3.05, 3.63) is 40.7 Å². The van der Waals surface area contributed by atoms with Crippen LogP contribution in [-0.4, -0.2) is 24.9 Å². The first-order chi connectivity index (χ1) is 10.1. The molecule has 2 aromatic heterocycles. The maximum atomic E-state index is 12.0. The average molecular weight is 344 g/mol. The van der Waals surface area contributed by atoms with Crippen LogP contribution in [0.2, 0.25) is 0 Å². The minimum absolute atomic E-state index is 0. The van der Waals surface area contributed by atoms with E-state index in [9.17, 15) is 9.59 Å². The zero-order valence-corrected chi connectivity index (χ0v) is 13.7. The van der Waals surface area contributed by atoms with Crippen LogP contribution in [0.15, 0.2) is 28.9 Å². The van der Waals surface area contributed by atoms with E-state index >= 15 is 0 Å². The minimum atomic E-state index is -0.337. The number of nitrogens with two attached hydrogens (primary N) is 1. The Bertz CT molecular complexity index is 625. The summed E-state index contributed by atoms with van der Waals surface area (Å²) in [5, 5.41) is 6.12.